The molecule has 0 bridgehead atoms. The Hall–Kier alpha value is -0.910. The molecule has 54 valence electrons. The van der Waals surface area contributed by atoms with Gasteiger partial charge in [-0.15, -0.1) is 20.4 Å². The van der Waals surface area contributed by atoms with Crippen LogP contribution in [0.25, 0.3) is 0 Å². The van der Waals surface area contributed by atoms with E-state index in [-0.39, 0.29) is 5.16 Å². The molecule has 1 atom stereocenters. The van der Waals surface area contributed by atoms with Crippen molar-refractivity contribution >= 4 is 10.8 Å². The van der Waals surface area contributed by atoms with Crippen molar-refractivity contribution in [1.82, 2.24) is 20.4 Å². The molecule has 0 saturated heterocycles. The number of rotatable bonds is 1. The highest BCUT2D eigenvalue weighted by atomic mass is 32.2. The molecule has 6 heteroatoms. The van der Waals surface area contributed by atoms with E-state index in [9.17, 15) is 4.21 Å². The predicted molar refractivity (Wildman–Crippen MR) is 34.7 cm³/mol. The molecule has 1 aromatic rings. The monoisotopic (exact) mass is 158 g/mol. The summed E-state index contributed by atoms with van der Waals surface area (Å²) >= 11 is 0. The third-order valence-electron chi connectivity index (χ3n) is 0.818. The largest absolute Gasteiger partial charge is 0.259 e. The summed E-state index contributed by atoms with van der Waals surface area (Å²) in [6.07, 6.45) is 1.48. The molecule has 1 heterocycles. The van der Waals surface area contributed by atoms with Gasteiger partial charge in [0, 0.05) is 6.26 Å². The van der Waals surface area contributed by atoms with Gasteiger partial charge < -0.3 is 0 Å². The van der Waals surface area contributed by atoms with Crippen LogP contribution in [0.2, 0.25) is 0 Å². The lowest BCUT2D eigenvalue weighted by Gasteiger charge is -1.89. The van der Waals surface area contributed by atoms with E-state index in [0.29, 0.717) is 5.82 Å². The van der Waals surface area contributed by atoms with Gasteiger partial charge >= 0.3 is 0 Å². The van der Waals surface area contributed by atoms with Gasteiger partial charge in [-0.05, 0) is 6.92 Å². The van der Waals surface area contributed by atoms with Crippen molar-refractivity contribution in [3.63, 3.8) is 0 Å². The first-order valence-electron chi connectivity index (χ1n) is 2.57. The van der Waals surface area contributed by atoms with Crippen molar-refractivity contribution in [3.05, 3.63) is 5.82 Å². The molecule has 1 aromatic heterocycles. The zero-order valence-corrected chi connectivity index (χ0v) is 6.42. The lowest BCUT2D eigenvalue weighted by atomic mass is 10.8. The molecule has 0 aliphatic rings. The first kappa shape index (κ1) is 7.20. The molecule has 0 aliphatic carbocycles. The molecule has 0 radical (unpaired) electrons. The Labute approximate surface area is 60.4 Å². The number of nitrogens with zero attached hydrogens (tertiary/aromatic N) is 4. The summed E-state index contributed by atoms with van der Waals surface area (Å²) in [4.78, 5) is 0. The maximum absolute atomic E-state index is 10.7. The normalized spacial score (nSPS) is 13.0. The maximum Gasteiger partial charge on any atom is 0.259 e. The Morgan fingerprint density at radius 2 is 1.70 bits per heavy atom. The fourth-order valence-electron chi connectivity index (χ4n) is 0.385. The average Bonchev–Trinajstić information content (AvgIpc) is 1.88. The molecule has 0 spiro atoms. The third kappa shape index (κ3) is 1.53. The molecule has 0 saturated carbocycles. The van der Waals surface area contributed by atoms with E-state index in [1.807, 2.05) is 0 Å². The van der Waals surface area contributed by atoms with E-state index in [1.165, 1.54) is 6.26 Å². The second-order valence-electron chi connectivity index (χ2n) is 1.68. The predicted octanol–water partition coefficient (Wildman–Crippen LogP) is -0.688. The fraction of sp³-hybridized carbons (Fsp3) is 0.500. The molecule has 0 amide bonds. The van der Waals surface area contributed by atoms with Gasteiger partial charge in [0.25, 0.3) is 5.16 Å². The van der Waals surface area contributed by atoms with Crippen LogP contribution >= 0.6 is 0 Å². The second kappa shape index (κ2) is 2.78. The zero-order chi connectivity index (χ0) is 7.56. The molecule has 0 fully saturated rings. The first-order chi connectivity index (χ1) is 4.70. The van der Waals surface area contributed by atoms with Crippen LogP contribution in [-0.4, -0.2) is 30.9 Å². The van der Waals surface area contributed by atoms with Gasteiger partial charge in [0.05, 0.1) is 10.8 Å². The maximum atomic E-state index is 10.7. The van der Waals surface area contributed by atoms with Crippen molar-refractivity contribution < 1.29 is 4.21 Å². The third-order valence-corrected chi connectivity index (χ3v) is 1.50. The molecule has 0 N–H and O–H groups in total. The fourth-order valence-corrected chi connectivity index (χ4v) is 0.697. The van der Waals surface area contributed by atoms with Gasteiger partial charge in [-0.25, -0.2) is 0 Å². The van der Waals surface area contributed by atoms with Crippen molar-refractivity contribution in [2.75, 3.05) is 6.26 Å². The SMILES string of the molecule is Cc1nnc(S(C)=O)nn1. The van der Waals surface area contributed by atoms with Gasteiger partial charge in [-0.1, -0.05) is 0 Å². The van der Waals surface area contributed by atoms with Crippen molar-refractivity contribution in [1.29, 1.82) is 0 Å². The minimum atomic E-state index is -1.18. The average molecular weight is 158 g/mol. The summed E-state index contributed by atoms with van der Waals surface area (Å²) in [7, 11) is -1.18. The highest BCUT2D eigenvalue weighted by Gasteiger charge is 2.00. The number of aromatic nitrogens is 4. The smallest absolute Gasteiger partial charge is 0.251 e. The summed E-state index contributed by atoms with van der Waals surface area (Å²) in [6, 6.07) is 0. The lowest BCUT2D eigenvalue weighted by Crippen LogP contribution is -2.03. The van der Waals surface area contributed by atoms with Gasteiger partial charge in [0.15, 0.2) is 5.82 Å². The van der Waals surface area contributed by atoms with E-state index in [0.717, 1.165) is 0 Å². The minimum Gasteiger partial charge on any atom is -0.251 e. The topological polar surface area (TPSA) is 68.6 Å². The molecule has 0 aromatic carbocycles. The van der Waals surface area contributed by atoms with Gasteiger partial charge in [0.1, 0.15) is 0 Å². The van der Waals surface area contributed by atoms with Gasteiger partial charge in [-0.2, -0.15) is 0 Å². The Kier molecular flexibility index (Phi) is 2.00. The molecule has 1 rings (SSSR count). The molecule has 1 unspecified atom stereocenters. The van der Waals surface area contributed by atoms with Crippen LogP contribution in [0.5, 0.6) is 0 Å². The Balaban J connectivity index is 3.00. The van der Waals surface area contributed by atoms with Crippen LogP contribution in [0.1, 0.15) is 5.82 Å². The summed E-state index contributed by atoms with van der Waals surface area (Å²) < 4.78 is 10.7. The van der Waals surface area contributed by atoms with Gasteiger partial charge in [0.2, 0.25) is 0 Å². The molecule has 10 heavy (non-hydrogen) atoms. The van der Waals surface area contributed by atoms with E-state index >= 15 is 0 Å². The number of hydrogen-bond donors (Lipinski definition) is 0. The van der Waals surface area contributed by atoms with Crippen molar-refractivity contribution in [3.8, 4) is 0 Å². The van der Waals surface area contributed by atoms with Crippen LogP contribution in [0.3, 0.4) is 0 Å². The summed E-state index contributed by atoms with van der Waals surface area (Å²) in [5.41, 5.74) is 0. The number of hydrogen-bond acceptors (Lipinski definition) is 5. The van der Waals surface area contributed by atoms with Crippen LogP contribution < -0.4 is 0 Å². The second-order valence-corrected chi connectivity index (χ2v) is 2.96. The lowest BCUT2D eigenvalue weighted by molar-refractivity contribution is 0.656. The molecule has 0 aliphatic heterocycles. The highest BCUT2D eigenvalue weighted by Crippen LogP contribution is 1.89. The number of aryl methyl sites for hydroxylation is 1. The highest BCUT2D eigenvalue weighted by molar-refractivity contribution is 7.84. The summed E-state index contributed by atoms with van der Waals surface area (Å²) in [6.45, 7) is 1.67. The van der Waals surface area contributed by atoms with Crippen LogP contribution in [0, 0.1) is 6.92 Å². The minimum absolute atomic E-state index is 0.172. The Morgan fingerprint density at radius 1 is 1.20 bits per heavy atom. The van der Waals surface area contributed by atoms with E-state index in [1.54, 1.807) is 6.92 Å². The first-order valence-corrected chi connectivity index (χ1v) is 4.13. The standard InChI is InChI=1S/C4H6N4OS/c1-3-5-7-4(8-6-3)10(2)9/h1-2H3. The quantitative estimate of drug-likeness (QED) is 0.541. The molecular formula is C4H6N4OS. The van der Waals surface area contributed by atoms with Crippen LogP contribution in [0.15, 0.2) is 5.16 Å². The van der Waals surface area contributed by atoms with E-state index in [4.69, 9.17) is 0 Å². The van der Waals surface area contributed by atoms with Crippen molar-refractivity contribution in [2.24, 2.45) is 0 Å². The summed E-state index contributed by atoms with van der Waals surface area (Å²) in [5, 5.41) is 14.4. The van der Waals surface area contributed by atoms with Gasteiger partial charge in [-0.3, -0.25) is 4.21 Å². The molecule has 5 nitrogen and oxygen atoms in total. The Bertz CT molecular complexity index is 246. The van der Waals surface area contributed by atoms with Crippen molar-refractivity contribution in [2.45, 2.75) is 12.1 Å². The van der Waals surface area contributed by atoms with Crippen LogP contribution in [0.4, 0.5) is 0 Å². The molecular weight excluding hydrogens is 152 g/mol. The summed E-state index contributed by atoms with van der Waals surface area (Å²) in [5.74, 6) is 0.481. The van der Waals surface area contributed by atoms with E-state index in [2.05, 4.69) is 20.4 Å². The van der Waals surface area contributed by atoms with Crippen LogP contribution in [-0.2, 0) is 10.8 Å². The Morgan fingerprint density at radius 3 is 2.10 bits per heavy atom. The van der Waals surface area contributed by atoms with E-state index < -0.39 is 10.8 Å². The zero-order valence-electron chi connectivity index (χ0n) is 5.61.